The molecule has 3 aromatic rings. The van der Waals surface area contributed by atoms with Gasteiger partial charge >= 0.3 is 6.18 Å². The molecule has 0 unspecified atom stereocenters. The third kappa shape index (κ3) is 4.53. The van der Waals surface area contributed by atoms with Crippen molar-refractivity contribution >= 4 is 5.91 Å². The molecule has 174 valence electrons. The molecule has 0 saturated heterocycles. The third-order valence-corrected chi connectivity index (χ3v) is 5.94. The van der Waals surface area contributed by atoms with Crippen LogP contribution < -0.4 is 10.1 Å². The Bertz CT molecular complexity index is 1120. The van der Waals surface area contributed by atoms with Gasteiger partial charge in [0.25, 0.3) is 5.91 Å². The number of hydrogen-bond donors (Lipinski definition) is 1. The molecule has 1 amide bonds. The summed E-state index contributed by atoms with van der Waals surface area (Å²) in [6, 6.07) is 8.62. The number of nitrogens with one attached hydrogen (secondary N) is 1. The molecule has 33 heavy (non-hydrogen) atoms. The normalized spacial score (nSPS) is 15.4. The van der Waals surface area contributed by atoms with Crippen molar-refractivity contribution in [3.8, 4) is 11.7 Å². The lowest BCUT2D eigenvalue weighted by atomic mass is 9.78. The van der Waals surface area contributed by atoms with E-state index in [0.29, 0.717) is 4.68 Å². The van der Waals surface area contributed by atoms with Crippen LogP contribution in [0.1, 0.15) is 47.3 Å². The first-order valence-corrected chi connectivity index (χ1v) is 10.3. The molecule has 1 N–H and O–H groups in total. The van der Waals surface area contributed by atoms with E-state index >= 15 is 0 Å². The molecule has 0 atom stereocenters. The fourth-order valence-corrected chi connectivity index (χ4v) is 4.26. The minimum Gasteiger partial charge on any atom is -0.480 e. The second-order valence-corrected chi connectivity index (χ2v) is 7.93. The molecule has 1 aliphatic carbocycles. The van der Waals surface area contributed by atoms with Crippen LogP contribution in [0.2, 0.25) is 0 Å². The van der Waals surface area contributed by atoms with E-state index in [-0.39, 0.29) is 24.1 Å². The maximum atomic E-state index is 13.9. The zero-order valence-corrected chi connectivity index (χ0v) is 17.7. The van der Waals surface area contributed by atoms with Crippen molar-refractivity contribution in [3.05, 3.63) is 65.2 Å². The predicted molar refractivity (Wildman–Crippen MR) is 110 cm³/mol. The van der Waals surface area contributed by atoms with Crippen LogP contribution in [-0.4, -0.2) is 39.5 Å². The van der Waals surface area contributed by atoms with Crippen LogP contribution >= 0.6 is 0 Å². The Hall–Kier alpha value is -3.50. The van der Waals surface area contributed by atoms with Gasteiger partial charge in [0.15, 0.2) is 11.5 Å². The van der Waals surface area contributed by atoms with E-state index in [9.17, 15) is 22.4 Å². The molecule has 1 aromatic carbocycles. The molecule has 1 saturated carbocycles. The summed E-state index contributed by atoms with van der Waals surface area (Å²) in [6.45, 7) is 0.127. The number of methoxy groups -OCH3 is 1. The monoisotopic (exact) mass is 463 g/mol. The van der Waals surface area contributed by atoms with E-state index in [2.05, 4.69) is 20.6 Å². The number of halogens is 4. The molecule has 1 aliphatic rings. The number of carbonyl (C=O) groups excluding carboxylic acids is 1. The first-order chi connectivity index (χ1) is 15.7. The van der Waals surface area contributed by atoms with E-state index in [4.69, 9.17) is 4.74 Å². The Labute approximate surface area is 186 Å². The average molecular weight is 463 g/mol. The number of benzene rings is 1. The van der Waals surface area contributed by atoms with Gasteiger partial charge in [-0.25, -0.2) is 9.07 Å². The highest BCUT2D eigenvalue weighted by molar-refractivity contribution is 5.95. The summed E-state index contributed by atoms with van der Waals surface area (Å²) in [6.07, 6.45) is -0.697. The second kappa shape index (κ2) is 8.80. The molecule has 0 spiro atoms. The number of aromatic nitrogens is 4. The van der Waals surface area contributed by atoms with Crippen molar-refractivity contribution in [1.82, 2.24) is 25.3 Å². The van der Waals surface area contributed by atoms with Gasteiger partial charge in [-0.1, -0.05) is 25.0 Å². The lowest BCUT2D eigenvalue weighted by Crippen LogP contribution is -2.39. The van der Waals surface area contributed by atoms with Crippen LogP contribution in [0.15, 0.2) is 42.6 Å². The van der Waals surface area contributed by atoms with E-state index in [1.807, 2.05) is 0 Å². The lowest BCUT2D eigenvalue weighted by Gasteiger charge is -2.30. The minimum absolute atomic E-state index is 0.125. The summed E-state index contributed by atoms with van der Waals surface area (Å²) in [7, 11) is 1.35. The van der Waals surface area contributed by atoms with Crippen LogP contribution in [0.25, 0.3) is 5.82 Å². The van der Waals surface area contributed by atoms with Gasteiger partial charge in [0.1, 0.15) is 5.82 Å². The van der Waals surface area contributed by atoms with Gasteiger partial charge in [-0.15, -0.1) is 10.2 Å². The summed E-state index contributed by atoms with van der Waals surface area (Å²) >= 11 is 0. The molecule has 2 heterocycles. The molecule has 0 radical (unpaired) electrons. The Balaban J connectivity index is 1.61. The van der Waals surface area contributed by atoms with E-state index in [1.165, 1.54) is 31.4 Å². The molecule has 0 bridgehead atoms. The topological polar surface area (TPSA) is 81.9 Å². The van der Waals surface area contributed by atoms with Crippen LogP contribution in [0.4, 0.5) is 17.6 Å². The maximum absolute atomic E-state index is 13.9. The summed E-state index contributed by atoms with van der Waals surface area (Å²) < 4.78 is 60.5. The molecule has 7 nitrogen and oxygen atoms in total. The van der Waals surface area contributed by atoms with Crippen LogP contribution in [-0.2, 0) is 11.6 Å². The molecule has 11 heteroatoms. The highest BCUT2D eigenvalue weighted by Gasteiger charge is 2.42. The largest absolute Gasteiger partial charge is 0.480 e. The fraction of sp³-hybridized carbons (Fsp3) is 0.364. The highest BCUT2D eigenvalue weighted by atomic mass is 19.4. The molecule has 0 aliphatic heterocycles. The van der Waals surface area contributed by atoms with E-state index in [0.717, 1.165) is 37.4 Å². The van der Waals surface area contributed by atoms with Crippen LogP contribution in [0.5, 0.6) is 5.88 Å². The molecule has 2 aromatic heterocycles. The quantitative estimate of drug-likeness (QED) is 0.558. The minimum atomic E-state index is -4.87. The third-order valence-electron chi connectivity index (χ3n) is 5.94. The fourth-order valence-electron chi connectivity index (χ4n) is 4.26. The summed E-state index contributed by atoms with van der Waals surface area (Å²) in [5.41, 5.74) is -1.48. The van der Waals surface area contributed by atoms with Crippen molar-refractivity contribution in [2.75, 3.05) is 13.7 Å². The number of carbonyl (C=O) groups is 1. The molecular formula is C22H21F4N5O2. The lowest BCUT2D eigenvalue weighted by molar-refractivity contribution is -0.143. The van der Waals surface area contributed by atoms with Gasteiger partial charge in [0, 0.05) is 18.0 Å². The molecule has 1 fully saturated rings. The molecular weight excluding hydrogens is 442 g/mol. The van der Waals surface area contributed by atoms with Gasteiger partial charge in [-0.3, -0.25) is 4.79 Å². The first kappa shape index (κ1) is 22.7. The van der Waals surface area contributed by atoms with Crippen molar-refractivity contribution in [3.63, 3.8) is 0 Å². The average Bonchev–Trinajstić information content (AvgIpc) is 3.46. The van der Waals surface area contributed by atoms with Crippen LogP contribution in [0.3, 0.4) is 0 Å². The Morgan fingerprint density at radius 3 is 2.39 bits per heavy atom. The van der Waals surface area contributed by atoms with Crippen LogP contribution in [0, 0.1) is 5.82 Å². The van der Waals surface area contributed by atoms with Crippen molar-refractivity contribution in [1.29, 1.82) is 0 Å². The predicted octanol–water partition coefficient (Wildman–Crippen LogP) is 4.07. The number of nitrogens with zero attached hydrogens (tertiary/aromatic N) is 4. The number of ether oxygens (including phenoxy) is 1. The number of hydrogen-bond acceptors (Lipinski definition) is 5. The van der Waals surface area contributed by atoms with E-state index < -0.39 is 28.8 Å². The first-order valence-electron chi connectivity index (χ1n) is 10.3. The summed E-state index contributed by atoms with van der Waals surface area (Å²) in [4.78, 5) is 12.9. The zero-order chi connectivity index (χ0) is 23.6. The highest BCUT2D eigenvalue weighted by Crippen LogP contribution is 2.41. The maximum Gasteiger partial charge on any atom is 0.434 e. The zero-order valence-electron chi connectivity index (χ0n) is 17.7. The second-order valence-electron chi connectivity index (χ2n) is 7.93. The van der Waals surface area contributed by atoms with Gasteiger partial charge in [-0.2, -0.15) is 18.3 Å². The molecule has 4 rings (SSSR count). The summed E-state index contributed by atoms with van der Waals surface area (Å²) in [5, 5.41) is 13.8. The Morgan fingerprint density at radius 1 is 1.12 bits per heavy atom. The standard InChI is InChI=1S/C22H21F4N5O2/c1-33-18-9-8-17(29-30-18)31-19(22(24,25)26)16(12-28-31)20(32)27-13-21(10-2-3-11-21)14-4-6-15(23)7-5-14/h4-9,12H,2-3,10-11,13H2,1H3,(H,27,32). The van der Waals surface area contributed by atoms with Crippen molar-refractivity contribution in [2.45, 2.75) is 37.3 Å². The number of amides is 1. The summed E-state index contributed by atoms with van der Waals surface area (Å²) in [5.74, 6) is -1.36. The smallest absolute Gasteiger partial charge is 0.434 e. The van der Waals surface area contributed by atoms with Gasteiger partial charge in [-0.05, 0) is 36.6 Å². The van der Waals surface area contributed by atoms with Crippen molar-refractivity contribution < 1.29 is 27.1 Å². The SMILES string of the molecule is COc1ccc(-n2ncc(C(=O)NCC3(c4ccc(F)cc4)CCCC3)c2C(F)(F)F)nn1. The Morgan fingerprint density at radius 2 is 1.82 bits per heavy atom. The van der Waals surface area contributed by atoms with Crippen molar-refractivity contribution in [2.24, 2.45) is 0 Å². The Kier molecular flexibility index (Phi) is 6.05. The van der Waals surface area contributed by atoms with Gasteiger partial charge < -0.3 is 10.1 Å². The van der Waals surface area contributed by atoms with Gasteiger partial charge in [0.2, 0.25) is 5.88 Å². The number of rotatable bonds is 6. The van der Waals surface area contributed by atoms with E-state index in [1.54, 1.807) is 12.1 Å². The van der Waals surface area contributed by atoms with Gasteiger partial charge in [0.05, 0.1) is 18.9 Å². The number of alkyl halides is 3.